The van der Waals surface area contributed by atoms with E-state index in [4.69, 9.17) is 11.6 Å². The highest BCUT2D eigenvalue weighted by atomic mass is 35.5. The van der Waals surface area contributed by atoms with Gasteiger partial charge in [-0.1, -0.05) is 40.7 Å². The van der Waals surface area contributed by atoms with E-state index >= 15 is 0 Å². The van der Waals surface area contributed by atoms with Gasteiger partial charge in [0.15, 0.2) is 0 Å². The summed E-state index contributed by atoms with van der Waals surface area (Å²) in [6, 6.07) is 7.57. The van der Waals surface area contributed by atoms with Gasteiger partial charge in [0, 0.05) is 5.56 Å². The van der Waals surface area contributed by atoms with Crippen LogP contribution in [-0.4, -0.2) is 14.8 Å². The summed E-state index contributed by atoms with van der Waals surface area (Å²) in [5, 5.41) is 2.40. The predicted molar refractivity (Wildman–Crippen MR) is 64.2 cm³/mol. The number of rotatable bonds is 3. The van der Waals surface area contributed by atoms with Crippen molar-refractivity contribution in [3.8, 4) is 0 Å². The number of carbonyl (C=O) groups is 1. The van der Waals surface area contributed by atoms with Crippen molar-refractivity contribution >= 4 is 31.5 Å². The Morgan fingerprint density at radius 1 is 1.36 bits per heavy atom. The van der Waals surface area contributed by atoms with Crippen LogP contribution >= 0.6 is 11.6 Å². The van der Waals surface area contributed by atoms with Crippen LogP contribution in [0.15, 0.2) is 35.5 Å². The molecule has 0 saturated heterocycles. The van der Waals surface area contributed by atoms with Crippen molar-refractivity contribution in [2.45, 2.75) is 13.8 Å². The largest absolute Gasteiger partial charge is 0.276 e. The lowest BCUT2D eigenvalue weighted by atomic mass is 10.2. The lowest BCUT2D eigenvalue weighted by molar-refractivity contribution is 0.108. The van der Waals surface area contributed by atoms with Crippen LogP contribution in [0.5, 0.6) is 0 Å². The van der Waals surface area contributed by atoms with Crippen LogP contribution < -0.4 is 5.19 Å². The minimum absolute atomic E-state index is 0.321. The van der Waals surface area contributed by atoms with Gasteiger partial charge in [-0.2, -0.15) is 0 Å². The third-order valence-electron chi connectivity index (χ3n) is 2.16. The Morgan fingerprint density at radius 3 is 2.36 bits per heavy atom. The fraction of sp³-hybridized carbons (Fsp3) is 0.182. The molecule has 0 aliphatic carbocycles. The van der Waals surface area contributed by atoms with Gasteiger partial charge in [-0.15, -0.1) is 0 Å². The van der Waals surface area contributed by atoms with Crippen molar-refractivity contribution in [3.05, 3.63) is 41.1 Å². The molecule has 0 fully saturated rings. The van der Waals surface area contributed by atoms with E-state index in [9.17, 15) is 4.79 Å². The van der Waals surface area contributed by atoms with Crippen LogP contribution in [0, 0.1) is 0 Å². The predicted octanol–water partition coefficient (Wildman–Crippen LogP) is 1.78. The number of hydrogen-bond acceptors (Lipinski definition) is 1. The zero-order chi connectivity index (χ0) is 10.6. The van der Waals surface area contributed by atoms with Gasteiger partial charge in [0.05, 0.1) is 9.52 Å². The van der Waals surface area contributed by atoms with E-state index in [1.54, 1.807) is 12.1 Å². The first-order valence-electron chi connectivity index (χ1n) is 4.54. The van der Waals surface area contributed by atoms with Crippen LogP contribution in [0.2, 0.25) is 0 Å². The maximum absolute atomic E-state index is 10.8. The van der Waals surface area contributed by atoms with Crippen molar-refractivity contribution in [2.24, 2.45) is 0 Å². The quantitative estimate of drug-likeness (QED) is 0.565. The van der Waals surface area contributed by atoms with E-state index in [0.29, 0.717) is 5.56 Å². The second-order valence-electron chi connectivity index (χ2n) is 3.28. The topological polar surface area (TPSA) is 17.1 Å². The molecule has 0 saturated carbocycles. The molecule has 0 aromatic heterocycles. The van der Waals surface area contributed by atoms with Crippen LogP contribution in [0.4, 0.5) is 0 Å². The maximum Gasteiger partial charge on any atom is 0.252 e. The fourth-order valence-electron chi connectivity index (χ4n) is 1.18. The molecule has 0 atom stereocenters. The van der Waals surface area contributed by atoms with Crippen molar-refractivity contribution in [2.75, 3.05) is 0 Å². The normalized spacial score (nSPS) is 12.4. The Kier molecular flexibility index (Phi) is 4.11. The molecule has 0 aliphatic heterocycles. The maximum atomic E-state index is 10.8. The average Bonchev–Trinajstić information content (AvgIpc) is 2.18. The molecule has 0 amide bonds. The Morgan fingerprint density at radius 2 is 1.93 bits per heavy atom. The minimum atomic E-state index is -0.388. The van der Waals surface area contributed by atoms with Crippen LogP contribution in [-0.2, 0) is 0 Å². The van der Waals surface area contributed by atoms with E-state index < -0.39 is 0 Å². The lowest BCUT2D eigenvalue weighted by Crippen LogP contribution is -2.15. The van der Waals surface area contributed by atoms with Gasteiger partial charge in [-0.25, -0.2) is 0 Å². The first kappa shape index (κ1) is 11.2. The van der Waals surface area contributed by atoms with E-state index in [2.05, 4.69) is 19.9 Å². The van der Waals surface area contributed by atoms with Gasteiger partial charge >= 0.3 is 0 Å². The van der Waals surface area contributed by atoms with Crippen molar-refractivity contribution < 1.29 is 4.79 Å². The van der Waals surface area contributed by atoms with Crippen molar-refractivity contribution in [3.63, 3.8) is 0 Å². The second-order valence-corrected chi connectivity index (χ2v) is 5.91. The van der Waals surface area contributed by atoms with Crippen LogP contribution in [0.1, 0.15) is 24.2 Å². The SMILES string of the molecule is CC=C(C)[SiH2]c1ccc(C(=O)Cl)cc1. The Labute approximate surface area is 91.6 Å². The molecule has 1 nitrogen and oxygen atoms in total. The van der Waals surface area contributed by atoms with Gasteiger partial charge in [-0.3, -0.25) is 4.79 Å². The Bertz CT molecular complexity index is 354. The summed E-state index contributed by atoms with van der Waals surface area (Å²) >= 11 is 5.35. The first-order chi connectivity index (χ1) is 6.63. The highest BCUT2D eigenvalue weighted by Crippen LogP contribution is 2.01. The number of halogens is 1. The van der Waals surface area contributed by atoms with E-state index in [1.165, 1.54) is 10.4 Å². The molecule has 3 heteroatoms. The van der Waals surface area contributed by atoms with E-state index in [-0.39, 0.29) is 14.8 Å². The summed E-state index contributed by atoms with van der Waals surface area (Å²) in [6.45, 7) is 4.20. The molecule has 0 spiro atoms. The number of allylic oxidation sites excluding steroid dienone is 2. The summed E-state index contributed by atoms with van der Waals surface area (Å²) in [6.07, 6.45) is 2.15. The fourth-order valence-corrected chi connectivity index (χ4v) is 2.62. The summed E-state index contributed by atoms with van der Waals surface area (Å²) in [5.74, 6) is 0. The lowest BCUT2D eigenvalue weighted by Gasteiger charge is -2.00. The van der Waals surface area contributed by atoms with Crippen molar-refractivity contribution in [1.29, 1.82) is 0 Å². The molecule has 1 aromatic rings. The van der Waals surface area contributed by atoms with Crippen LogP contribution in [0.25, 0.3) is 0 Å². The molecular formula is C11H13ClOSi. The Hall–Kier alpha value is -0.863. The van der Waals surface area contributed by atoms with Gasteiger partial charge in [0.25, 0.3) is 5.24 Å². The van der Waals surface area contributed by atoms with Gasteiger partial charge in [-0.05, 0) is 25.4 Å². The van der Waals surface area contributed by atoms with Crippen LogP contribution in [0.3, 0.4) is 0 Å². The van der Waals surface area contributed by atoms with Crippen molar-refractivity contribution in [1.82, 2.24) is 0 Å². The molecular weight excluding hydrogens is 212 g/mol. The summed E-state index contributed by atoms with van der Waals surface area (Å²) in [5.41, 5.74) is 0.572. The number of carbonyl (C=O) groups excluding carboxylic acids is 1. The molecule has 0 unspecified atom stereocenters. The molecule has 1 aromatic carbocycles. The highest BCUT2D eigenvalue weighted by molar-refractivity contribution is 6.68. The smallest absolute Gasteiger partial charge is 0.252 e. The Balaban J connectivity index is 2.79. The zero-order valence-corrected chi connectivity index (χ0v) is 10.6. The van der Waals surface area contributed by atoms with Gasteiger partial charge in [0.1, 0.15) is 0 Å². The minimum Gasteiger partial charge on any atom is -0.276 e. The van der Waals surface area contributed by atoms with Gasteiger partial charge in [0.2, 0.25) is 0 Å². The third-order valence-corrected chi connectivity index (χ3v) is 4.22. The van der Waals surface area contributed by atoms with Gasteiger partial charge < -0.3 is 0 Å². The number of benzene rings is 1. The molecule has 0 aliphatic rings. The standard InChI is InChI=1S/C11H13ClOSi/c1-3-8(2)14-10-6-4-9(5-7-10)11(12)13/h3-7H,14H2,1-2H3. The zero-order valence-electron chi connectivity index (χ0n) is 8.38. The number of hydrogen-bond donors (Lipinski definition) is 0. The molecule has 74 valence electrons. The highest BCUT2D eigenvalue weighted by Gasteiger charge is 2.01. The molecule has 1 rings (SSSR count). The molecule has 0 N–H and O–H groups in total. The summed E-state index contributed by atoms with van der Waals surface area (Å²) in [4.78, 5) is 10.8. The summed E-state index contributed by atoms with van der Waals surface area (Å²) in [7, 11) is -0.321. The first-order valence-corrected chi connectivity index (χ1v) is 6.33. The molecule has 0 bridgehead atoms. The van der Waals surface area contributed by atoms with E-state index in [0.717, 1.165) is 0 Å². The second kappa shape index (κ2) is 5.13. The summed E-state index contributed by atoms with van der Waals surface area (Å²) < 4.78 is 0. The molecule has 14 heavy (non-hydrogen) atoms. The van der Waals surface area contributed by atoms with E-state index in [1.807, 2.05) is 12.1 Å². The average molecular weight is 225 g/mol. The third kappa shape index (κ3) is 3.12. The monoisotopic (exact) mass is 224 g/mol. The molecule has 0 radical (unpaired) electrons. The molecule has 0 heterocycles.